The Kier molecular flexibility index (Phi) is 6.01. The van der Waals surface area contributed by atoms with Gasteiger partial charge in [-0.15, -0.1) is 0 Å². The standard InChI is InChI=1S/C23H25N3O4/c1-4-5-20(28)24-18-12-8-16(9-13-18)19(27)14-26-21(29)23(3,25-22(26)30)17-10-6-15(2)7-11-17/h6-13H,4-5,14H2,1-3H3,(H,24,28)(H,25,30). The molecule has 3 rings (SSSR count). The number of hydrogen-bond donors (Lipinski definition) is 2. The molecule has 1 heterocycles. The molecule has 156 valence electrons. The van der Waals surface area contributed by atoms with Crippen molar-refractivity contribution >= 4 is 29.3 Å². The van der Waals surface area contributed by atoms with Gasteiger partial charge in [0.15, 0.2) is 5.78 Å². The van der Waals surface area contributed by atoms with Crippen molar-refractivity contribution in [2.45, 2.75) is 39.2 Å². The Balaban J connectivity index is 1.70. The lowest BCUT2D eigenvalue weighted by Gasteiger charge is -2.22. The molecular formula is C23H25N3O4. The van der Waals surface area contributed by atoms with E-state index in [0.717, 1.165) is 16.9 Å². The van der Waals surface area contributed by atoms with E-state index < -0.39 is 17.5 Å². The van der Waals surface area contributed by atoms with E-state index in [9.17, 15) is 19.2 Å². The lowest BCUT2D eigenvalue weighted by Crippen LogP contribution is -2.41. The zero-order valence-electron chi connectivity index (χ0n) is 17.3. The first-order chi connectivity index (χ1) is 14.2. The van der Waals surface area contributed by atoms with Crippen molar-refractivity contribution < 1.29 is 19.2 Å². The highest BCUT2D eigenvalue weighted by Gasteiger charge is 2.49. The van der Waals surface area contributed by atoms with E-state index in [1.54, 1.807) is 43.3 Å². The zero-order chi connectivity index (χ0) is 21.9. The second kappa shape index (κ2) is 8.49. The van der Waals surface area contributed by atoms with Crippen molar-refractivity contribution in [3.05, 3.63) is 65.2 Å². The van der Waals surface area contributed by atoms with Crippen molar-refractivity contribution in [2.75, 3.05) is 11.9 Å². The summed E-state index contributed by atoms with van der Waals surface area (Å²) in [6.45, 7) is 5.14. The van der Waals surface area contributed by atoms with Gasteiger partial charge in [0, 0.05) is 17.7 Å². The van der Waals surface area contributed by atoms with Gasteiger partial charge in [-0.2, -0.15) is 0 Å². The monoisotopic (exact) mass is 407 g/mol. The summed E-state index contributed by atoms with van der Waals surface area (Å²) in [5, 5.41) is 5.45. The number of anilines is 1. The van der Waals surface area contributed by atoms with Gasteiger partial charge in [0.1, 0.15) is 5.54 Å². The van der Waals surface area contributed by atoms with Gasteiger partial charge in [-0.25, -0.2) is 4.79 Å². The molecule has 1 atom stereocenters. The number of hydrogen-bond acceptors (Lipinski definition) is 4. The van der Waals surface area contributed by atoms with E-state index in [4.69, 9.17) is 0 Å². The van der Waals surface area contributed by atoms with Crippen LogP contribution in [0, 0.1) is 6.92 Å². The predicted molar refractivity (Wildman–Crippen MR) is 113 cm³/mol. The normalized spacial score (nSPS) is 18.3. The molecule has 0 aliphatic carbocycles. The van der Waals surface area contributed by atoms with Crippen LogP contribution in [0.5, 0.6) is 0 Å². The van der Waals surface area contributed by atoms with Crippen molar-refractivity contribution in [3.8, 4) is 0 Å². The molecule has 0 bridgehead atoms. The first kappa shape index (κ1) is 21.2. The lowest BCUT2D eigenvalue weighted by molar-refractivity contribution is -0.130. The Labute approximate surface area is 175 Å². The Morgan fingerprint density at radius 1 is 1.03 bits per heavy atom. The Morgan fingerprint density at radius 3 is 2.27 bits per heavy atom. The quantitative estimate of drug-likeness (QED) is 0.543. The number of carbonyl (C=O) groups excluding carboxylic acids is 4. The van der Waals surface area contributed by atoms with E-state index in [1.165, 1.54) is 0 Å². The van der Waals surface area contributed by atoms with Crippen LogP contribution in [0.15, 0.2) is 48.5 Å². The van der Waals surface area contributed by atoms with E-state index in [-0.39, 0.29) is 18.2 Å². The summed E-state index contributed by atoms with van der Waals surface area (Å²) >= 11 is 0. The number of amides is 4. The number of rotatable bonds is 7. The molecule has 0 saturated carbocycles. The van der Waals surface area contributed by atoms with Crippen molar-refractivity contribution in [3.63, 3.8) is 0 Å². The fourth-order valence-corrected chi connectivity index (χ4v) is 3.35. The van der Waals surface area contributed by atoms with Crippen LogP contribution in [0.1, 0.15) is 48.2 Å². The number of benzene rings is 2. The van der Waals surface area contributed by atoms with Crippen LogP contribution >= 0.6 is 0 Å². The molecule has 1 aliphatic heterocycles. The molecule has 1 aliphatic rings. The van der Waals surface area contributed by atoms with Crippen LogP contribution in [-0.4, -0.2) is 35.1 Å². The fraction of sp³-hybridized carbons (Fsp3) is 0.304. The lowest BCUT2D eigenvalue weighted by atomic mass is 9.91. The molecule has 2 N–H and O–H groups in total. The summed E-state index contributed by atoms with van der Waals surface area (Å²) in [5.41, 5.74) is 1.44. The summed E-state index contributed by atoms with van der Waals surface area (Å²) in [5.74, 6) is -0.919. The van der Waals surface area contributed by atoms with Gasteiger partial charge < -0.3 is 10.6 Å². The molecule has 2 aromatic carbocycles. The highest BCUT2D eigenvalue weighted by Crippen LogP contribution is 2.29. The van der Waals surface area contributed by atoms with Crippen LogP contribution in [0.4, 0.5) is 10.5 Å². The van der Waals surface area contributed by atoms with Crippen molar-refractivity contribution in [1.29, 1.82) is 0 Å². The third kappa shape index (κ3) is 4.25. The highest BCUT2D eigenvalue weighted by molar-refractivity contribution is 6.11. The van der Waals surface area contributed by atoms with Crippen LogP contribution in [0.2, 0.25) is 0 Å². The molecule has 1 fully saturated rings. The number of nitrogens with one attached hydrogen (secondary N) is 2. The van der Waals surface area contributed by atoms with Crippen molar-refractivity contribution in [2.24, 2.45) is 0 Å². The number of urea groups is 1. The molecule has 0 spiro atoms. The number of carbonyl (C=O) groups is 4. The topological polar surface area (TPSA) is 95.6 Å². The van der Waals surface area contributed by atoms with E-state index in [1.807, 2.05) is 26.0 Å². The smallest absolute Gasteiger partial charge is 0.325 e. The van der Waals surface area contributed by atoms with Crippen LogP contribution < -0.4 is 10.6 Å². The Morgan fingerprint density at radius 2 is 1.67 bits per heavy atom. The average molecular weight is 407 g/mol. The first-order valence-electron chi connectivity index (χ1n) is 9.89. The van der Waals surface area contributed by atoms with E-state index >= 15 is 0 Å². The number of Topliss-reactive ketones (excluding diaryl/α,β-unsaturated/α-hetero) is 1. The Hall–Kier alpha value is -3.48. The predicted octanol–water partition coefficient (Wildman–Crippen LogP) is 3.38. The molecule has 1 unspecified atom stereocenters. The molecule has 0 radical (unpaired) electrons. The van der Waals surface area contributed by atoms with Gasteiger partial charge in [0.25, 0.3) is 5.91 Å². The highest BCUT2D eigenvalue weighted by atomic mass is 16.2. The van der Waals surface area contributed by atoms with E-state index in [0.29, 0.717) is 23.2 Å². The summed E-state index contributed by atoms with van der Waals surface area (Å²) in [6.07, 6.45) is 1.17. The molecule has 2 aromatic rings. The minimum absolute atomic E-state index is 0.0914. The van der Waals surface area contributed by atoms with Gasteiger partial charge in [-0.1, -0.05) is 36.8 Å². The number of aryl methyl sites for hydroxylation is 1. The first-order valence-corrected chi connectivity index (χ1v) is 9.89. The zero-order valence-corrected chi connectivity index (χ0v) is 17.3. The second-order valence-corrected chi connectivity index (χ2v) is 7.61. The SMILES string of the molecule is CCCC(=O)Nc1ccc(C(=O)CN2C(=O)NC(C)(c3ccc(C)cc3)C2=O)cc1. The van der Waals surface area contributed by atoms with Gasteiger partial charge in [-0.3, -0.25) is 19.3 Å². The summed E-state index contributed by atoms with van der Waals surface area (Å²) in [7, 11) is 0. The van der Waals surface area contributed by atoms with Crippen LogP contribution in [0.25, 0.3) is 0 Å². The van der Waals surface area contributed by atoms with E-state index in [2.05, 4.69) is 10.6 Å². The maximum Gasteiger partial charge on any atom is 0.325 e. The number of ketones is 1. The number of imide groups is 1. The van der Waals surface area contributed by atoms with Crippen molar-refractivity contribution in [1.82, 2.24) is 10.2 Å². The third-order valence-corrected chi connectivity index (χ3v) is 5.17. The molecule has 0 aromatic heterocycles. The molecule has 1 saturated heterocycles. The summed E-state index contributed by atoms with van der Waals surface area (Å²) in [6, 6.07) is 13.1. The third-order valence-electron chi connectivity index (χ3n) is 5.17. The summed E-state index contributed by atoms with van der Waals surface area (Å²) < 4.78 is 0. The van der Waals surface area contributed by atoms with Gasteiger partial charge in [0.05, 0.1) is 6.54 Å². The number of nitrogens with zero attached hydrogens (tertiary/aromatic N) is 1. The molecular weight excluding hydrogens is 382 g/mol. The summed E-state index contributed by atoms with van der Waals surface area (Å²) in [4.78, 5) is 50.7. The van der Waals surface area contributed by atoms with Gasteiger partial charge in [0.2, 0.25) is 5.91 Å². The average Bonchev–Trinajstić information content (AvgIpc) is 2.93. The van der Waals surface area contributed by atoms with Gasteiger partial charge >= 0.3 is 6.03 Å². The molecule has 4 amide bonds. The van der Waals surface area contributed by atoms with Crippen LogP contribution in [-0.2, 0) is 15.1 Å². The maximum absolute atomic E-state index is 13.0. The minimum atomic E-state index is -1.21. The second-order valence-electron chi connectivity index (χ2n) is 7.61. The Bertz CT molecular complexity index is 983. The fourth-order valence-electron chi connectivity index (χ4n) is 3.35. The largest absolute Gasteiger partial charge is 0.326 e. The van der Waals surface area contributed by atoms with Gasteiger partial charge in [-0.05, 0) is 50.1 Å². The van der Waals surface area contributed by atoms with Crippen LogP contribution in [0.3, 0.4) is 0 Å². The molecule has 7 heteroatoms. The minimum Gasteiger partial charge on any atom is -0.326 e. The maximum atomic E-state index is 13.0. The molecule has 7 nitrogen and oxygen atoms in total. The molecule has 30 heavy (non-hydrogen) atoms.